The van der Waals surface area contributed by atoms with Gasteiger partial charge in [-0.05, 0) is 24.1 Å². The van der Waals surface area contributed by atoms with Gasteiger partial charge in [-0.3, -0.25) is 4.79 Å². The molecule has 17 heavy (non-hydrogen) atoms. The third-order valence-electron chi connectivity index (χ3n) is 2.67. The molecule has 2 nitrogen and oxygen atoms in total. The van der Waals surface area contributed by atoms with Crippen LogP contribution in [0.2, 0.25) is 0 Å². The van der Waals surface area contributed by atoms with Gasteiger partial charge in [0.05, 0.1) is 0 Å². The minimum atomic E-state index is -0.0500. The van der Waals surface area contributed by atoms with Crippen LogP contribution in [0.25, 0.3) is 11.1 Å². The molecule has 0 fully saturated rings. The maximum atomic E-state index is 11.2. The molecule has 2 aromatic rings. The van der Waals surface area contributed by atoms with E-state index in [1.165, 1.54) is 12.5 Å². The van der Waals surface area contributed by atoms with Gasteiger partial charge >= 0.3 is 0 Å². The lowest BCUT2D eigenvalue weighted by Crippen LogP contribution is -2.06. The van der Waals surface area contributed by atoms with Crippen molar-refractivity contribution in [3.63, 3.8) is 0 Å². The first kappa shape index (κ1) is 11.4. The number of para-hydroxylation sites is 1. The van der Waals surface area contributed by atoms with Crippen molar-refractivity contribution in [1.82, 2.24) is 0 Å². The molecule has 0 atom stereocenters. The molecule has 0 saturated heterocycles. The van der Waals surface area contributed by atoms with Crippen molar-refractivity contribution in [2.24, 2.45) is 0 Å². The molecule has 1 amide bonds. The Bertz CT molecular complexity index is 546. The van der Waals surface area contributed by atoms with Gasteiger partial charge in [-0.1, -0.05) is 42.5 Å². The number of hydrogen-bond acceptors (Lipinski definition) is 1. The summed E-state index contributed by atoms with van der Waals surface area (Å²) in [7, 11) is 0. The van der Waals surface area contributed by atoms with E-state index in [1.54, 1.807) is 0 Å². The largest absolute Gasteiger partial charge is 0.326 e. The molecule has 0 aliphatic heterocycles. The van der Waals surface area contributed by atoms with Gasteiger partial charge in [0.1, 0.15) is 0 Å². The number of nitrogens with one attached hydrogen (secondary N) is 1. The molecule has 86 valence electrons. The maximum Gasteiger partial charge on any atom is 0.221 e. The average Bonchev–Trinajstić information content (AvgIpc) is 2.30. The first-order valence-electron chi connectivity index (χ1n) is 5.61. The second kappa shape index (κ2) is 4.83. The molecule has 0 unspecified atom stereocenters. The molecule has 0 spiro atoms. The molecule has 0 aromatic heterocycles. The van der Waals surface area contributed by atoms with Gasteiger partial charge in [0, 0.05) is 18.2 Å². The van der Waals surface area contributed by atoms with E-state index < -0.39 is 0 Å². The third-order valence-corrected chi connectivity index (χ3v) is 2.67. The van der Waals surface area contributed by atoms with Crippen molar-refractivity contribution in [2.75, 3.05) is 5.32 Å². The molecular weight excluding hydrogens is 210 g/mol. The fourth-order valence-electron chi connectivity index (χ4n) is 1.89. The summed E-state index contributed by atoms with van der Waals surface area (Å²) in [6, 6.07) is 16.0. The topological polar surface area (TPSA) is 29.1 Å². The van der Waals surface area contributed by atoms with Gasteiger partial charge in [0.25, 0.3) is 0 Å². The second-order valence-electron chi connectivity index (χ2n) is 4.04. The quantitative estimate of drug-likeness (QED) is 0.831. The van der Waals surface area contributed by atoms with Gasteiger partial charge in [-0.2, -0.15) is 0 Å². The SMILES string of the molecule is CC(=O)Nc1ccccc1-c1ccccc1C. The smallest absolute Gasteiger partial charge is 0.221 e. The molecule has 0 saturated carbocycles. The Morgan fingerprint density at radius 1 is 0.941 bits per heavy atom. The van der Waals surface area contributed by atoms with E-state index >= 15 is 0 Å². The Hall–Kier alpha value is -2.09. The first-order chi connectivity index (χ1) is 8.18. The number of amides is 1. The number of aryl methyl sites for hydroxylation is 1. The van der Waals surface area contributed by atoms with Crippen LogP contribution in [0, 0.1) is 6.92 Å². The van der Waals surface area contributed by atoms with E-state index in [2.05, 4.69) is 24.4 Å². The van der Waals surface area contributed by atoms with E-state index in [0.29, 0.717) is 0 Å². The van der Waals surface area contributed by atoms with Crippen LogP contribution in [0.3, 0.4) is 0 Å². The zero-order valence-electron chi connectivity index (χ0n) is 10.0. The third kappa shape index (κ3) is 2.53. The van der Waals surface area contributed by atoms with Crippen molar-refractivity contribution in [3.05, 3.63) is 54.1 Å². The number of benzene rings is 2. The number of carbonyl (C=O) groups excluding carboxylic acids is 1. The van der Waals surface area contributed by atoms with E-state index in [1.807, 2.05) is 36.4 Å². The fourth-order valence-corrected chi connectivity index (χ4v) is 1.89. The summed E-state index contributed by atoms with van der Waals surface area (Å²) in [6.07, 6.45) is 0. The first-order valence-corrected chi connectivity index (χ1v) is 5.61. The standard InChI is InChI=1S/C15H15NO/c1-11-7-3-4-8-13(11)14-9-5-6-10-15(14)16-12(2)17/h3-10H,1-2H3,(H,16,17). The molecule has 0 radical (unpaired) electrons. The molecule has 0 aliphatic rings. The van der Waals surface area contributed by atoms with Gasteiger partial charge in [-0.15, -0.1) is 0 Å². The van der Waals surface area contributed by atoms with Crippen molar-refractivity contribution in [2.45, 2.75) is 13.8 Å². The molecule has 0 aliphatic carbocycles. The molecule has 1 N–H and O–H groups in total. The van der Waals surface area contributed by atoms with Crippen LogP contribution in [-0.4, -0.2) is 5.91 Å². The Morgan fingerprint density at radius 2 is 1.53 bits per heavy atom. The van der Waals surface area contributed by atoms with Crippen LogP contribution in [-0.2, 0) is 4.79 Å². The highest BCUT2D eigenvalue weighted by molar-refractivity contribution is 5.94. The monoisotopic (exact) mass is 225 g/mol. The van der Waals surface area contributed by atoms with E-state index in [4.69, 9.17) is 0 Å². The highest BCUT2D eigenvalue weighted by Gasteiger charge is 2.07. The van der Waals surface area contributed by atoms with Crippen LogP contribution in [0.4, 0.5) is 5.69 Å². The predicted molar refractivity (Wildman–Crippen MR) is 70.9 cm³/mol. The summed E-state index contributed by atoms with van der Waals surface area (Å²) in [5.41, 5.74) is 4.26. The van der Waals surface area contributed by atoms with Gasteiger partial charge in [0.15, 0.2) is 0 Å². The van der Waals surface area contributed by atoms with E-state index in [0.717, 1.165) is 16.8 Å². The Labute approximate surface area is 101 Å². The molecule has 2 aromatic carbocycles. The lowest BCUT2D eigenvalue weighted by atomic mass is 9.99. The van der Waals surface area contributed by atoms with Crippen LogP contribution < -0.4 is 5.32 Å². The summed E-state index contributed by atoms with van der Waals surface area (Å²) >= 11 is 0. The van der Waals surface area contributed by atoms with Crippen LogP contribution in [0.5, 0.6) is 0 Å². The van der Waals surface area contributed by atoms with Crippen LogP contribution >= 0.6 is 0 Å². The molecule has 2 rings (SSSR count). The molecule has 0 heterocycles. The molecule has 0 bridgehead atoms. The zero-order chi connectivity index (χ0) is 12.3. The highest BCUT2D eigenvalue weighted by Crippen LogP contribution is 2.29. The van der Waals surface area contributed by atoms with Gasteiger partial charge < -0.3 is 5.32 Å². The minimum Gasteiger partial charge on any atom is -0.326 e. The average molecular weight is 225 g/mol. The lowest BCUT2D eigenvalue weighted by Gasteiger charge is -2.11. The van der Waals surface area contributed by atoms with Crippen molar-refractivity contribution < 1.29 is 4.79 Å². The van der Waals surface area contributed by atoms with Crippen LogP contribution in [0.15, 0.2) is 48.5 Å². The number of hydrogen-bond donors (Lipinski definition) is 1. The predicted octanol–water partition coefficient (Wildman–Crippen LogP) is 3.62. The number of carbonyl (C=O) groups is 1. The number of rotatable bonds is 2. The van der Waals surface area contributed by atoms with Crippen LogP contribution in [0.1, 0.15) is 12.5 Å². The Balaban J connectivity index is 2.52. The summed E-state index contributed by atoms with van der Waals surface area (Å²) in [6.45, 7) is 3.59. The van der Waals surface area contributed by atoms with Gasteiger partial charge in [0.2, 0.25) is 5.91 Å². The molecular formula is C15H15NO. The highest BCUT2D eigenvalue weighted by atomic mass is 16.1. The fraction of sp³-hybridized carbons (Fsp3) is 0.133. The summed E-state index contributed by atoms with van der Waals surface area (Å²) < 4.78 is 0. The Kier molecular flexibility index (Phi) is 3.24. The van der Waals surface area contributed by atoms with Crippen molar-refractivity contribution >= 4 is 11.6 Å². The Morgan fingerprint density at radius 3 is 2.18 bits per heavy atom. The van der Waals surface area contributed by atoms with E-state index in [9.17, 15) is 4.79 Å². The van der Waals surface area contributed by atoms with Crippen molar-refractivity contribution in [3.8, 4) is 11.1 Å². The summed E-state index contributed by atoms with van der Waals surface area (Å²) in [5, 5.41) is 2.86. The summed E-state index contributed by atoms with van der Waals surface area (Å²) in [5.74, 6) is -0.0500. The van der Waals surface area contributed by atoms with Gasteiger partial charge in [-0.25, -0.2) is 0 Å². The van der Waals surface area contributed by atoms with Crippen molar-refractivity contribution in [1.29, 1.82) is 0 Å². The lowest BCUT2D eigenvalue weighted by molar-refractivity contribution is -0.114. The summed E-state index contributed by atoms with van der Waals surface area (Å²) in [4.78, 5) is 11.2. The number of anilines is 1. The van der Waals surface area contributed by atoms with E-state index in [-0.39, 0.29) is 5.91 Å². The minimum absolute atomic E-state index is 0.0500. The molecule has 2 heteroatoms. The zero-order valence-corrected chi connectivity index (χ0v) is 10.0. The maximum absolute atomic E-state index is 11.2. The second-order valence-corrected chi connectivity index (χ2v) is 4.04. The normalized spacial score (nSPS) is 10.0.